The van der Waals surface area contributed by atoms with E-state index < -0.39 is 12.0 Å². The first kappa shape index (κ1) is 11.5. The van der Waals surface area contributed by atoms with Crippen LogP contribution >= 0.6 is 0 Å². The SMILES string of the molecule is COc1ccc2[nH]cc(C[C@H]([NH3+])C(=O)[O-])c2c1. The maximum Gasteiger partial charge on any atom is 0.129 e. The molecule has 1 aromatic carbocycles. The van der Waals surface area contributed by atoms with Crippen molar-refractivity contribution in [3.63, 3.8) is 0 Å². The lowest BCUT2D eigenvalue weighted by atomic mass is 10.1. The van der Waals surface area contributed by atoms with Gasteiger partial charge in [0.25, 0.3) is 0 Å². The summed E-state index contributed by atoms with van der Waals surface area (Å²) in [6.45, 7) is 0. The van der Waals surface area contributed by atoms with Gasteiger partial charge in [-0.15, -0.1) is 0 Å². The fraction of sp³-hybridized carbons (Fsp3) is 0.250. The van der Waals surface area contributed by atoms with Gasteiger partial charge in [0.1, 0.15) is 11.8 Å². The van der Waals surface area contributed by atoms with Gasteiger partial charge in [-0.1, -0.05) is 0 Å². The zero-order valence-electron chi connectivity index (χ0n) is 9.53. The Hall–Kier alpha value is -2.01. The minimum Gasteiger partial charge on any atom is -0.544 e. The van der Waals surface area contributed by atoms with Gasteiger partial charge in [0.15, 0.2) is 0 Å². The van der Waals surface area contributed by atoms with Gasteiger partial charge < -0.3 is 25.4 Å². The lowest BCUT2D eigenvalue weighted by molar-refractivity contribution is -0.436. The third kappa shape index (κ3) is 2.24. The molecule has 1 atom stereocenters. The molecule has 0 saturated heterocycles. The second-order valence-electron chi connectivity index (χ2n) is 3.95. The highest BCUT2D eigenvalue weighted by atomic mass is 16.5. The summed E-state index contributed by atoms with van der Waals surface area (Å²) >= 11 is 0. The highest BCUT2D eigenvalue weighted by molar-refractivity contribution is 5.85. The maximum absolute atomic E-state index is 10.7. The first-order valence-electron chi connectivity index (χ1n) is 5.29. The zero-order chi connectivity index (χ0) is 12.4. The van der Waals surface area contributed by atoms with Crippen molar-refractivity contribution < 1.29 is 20.4 Å². The Labute approximate surface area is 98.2 Å². The predicted molar refractivity (Wildman–Crippen MR) is 60.2 cm³/mol. The highest BCUT2D eigenvalue weighted by Crippen LogP contribution is 2.24. The Morgan fingerprint density at radius 2 is 2.35 bits per heavy atom. The molecule has 0 fully saturated rings. The van der Waals surface area contributed by atoms with Crippen molar-refractivity contribution in [2.24, 2.45) is 0 Å². The molecule has 5 nitrogen and oxygen atoms in total. The average Bonchev–Trinajstić information content (AvgIpc) is 2.71. The molecule has 0 aliphatic rings. The summed E-state index contributed by atoms with van der Waals surface area (Å²) in [5.74, 6) is -0.394. The Morgan fingerprint density at radius 3 is 3.00 bits per heavy atom. The molecule has 4 N–H and O–H groups in total. The van der Waals surface area contributed by atoms with E-state index in [-0.39, 0.29) is 0 Å². The quantitative estimate of drug-likeness (QED) is 0.716. The molecule has 90 valence electrons. The van der Waals surface area contributed by atoms with Gasteiger partial charge in [-0.3, -0.25) is 0 Å². The maximum atomic E-state index is 10.7. The Kier molecular flexibility index (Phi) is 3.01. The van der Waals surface area contributed by atoms with Crippen LogP contribution in [-0.4, -0.2) is 24.1 Å². The van der Waals surface area contributed by atoms with Crippen LogP contribution in [0.2, 0.25) is 0 Å². The third-order valence-corrected chi connectivity index (χ3v) is 2.77. The summed E-state index contributed by atoms with van der Waals surface area (Å²) in [6, 6.07) is 4.88. The van der Waals surface area contributed by atoms with Crippen LogP contribution in [-0.2, 0) is 11.2 Å². The van der Waals surface area contributed by atoms with E-state index in [1.807, 2.05) is 18.2 Å². The predicted octanol–water partition coefficient (Wildman–Crippen LogP) is -0.921. The fourth-order valence-electron chi connectivity index (χ4n) is 1.80. The number of aromatic amines is 1. The number of aromatic nitrogens is 1. The van der Waals surface area contributed by atoms with Crippen molar-refractivity contribution in [3.8, 4) is 5.75 Å². The van der Waals surface area contributed by atoms with E-state index in [0.717, 1.165) is 22.2 Å². The van der Waals surface area contributed by atoms with Crippen molar-refractivity contribution in [1.29, 1.82) is 0 Å². The number of carboxylic acids is 1. The van der Waals surface area contributed by atoms with Gasteiger partial charge in [0, 0.05) is 23.5 Å². The summed E-state index contributed by atoms with van der Waals surface area (Å²) in [6.07, 6.45) is 2.14. The number of carboxylic acid groups (broad SMARTS) is 1. The molecule has 0 bridgehead atoms. The number of ether oxygens (including phenoxy) is 1. The number of quaternary nitrogens is 1. The number of rotatable bonds is 4. The molecule has 1 heterocycles. The molecule has 0 radical (unpaired) electrons. The van der Waals surface area contributed by atoms with Crippen LogP contribution in [0.25, 0.3) is 10.9 Å². The van der Waals surface area contributed by atoms with E-state index in [4.69, 9.17) is 4.74 Å². The summed E-state index contributed by atoms with van der Waals surface area (Å²) < 4.78 is 5.14. The van der Waals surface area contributed by atoms with Gasteiger partial charge in [-0.2, -0.15) is 0 Å². The third-order valence-electron chi connectivity index (χ3n) is 2.77. The van der Waals surface area contributed by atoms with E-state index in [1.165, 1.54) is 0 Å². The molecule has 0 spiro atoms. The van der Waals surface area contributed by atoms with Gasteiger partial charge in [0.05, 0.1) is 13.1 Å². The second kappa shape index (κ2) is 4.47. The van der Waals surface area contributed by atoms with Crippen molar-refractivity contribution in [2.45, 2.75) is 12.5 Å². The molecule has 2 rings (SSSR count). The number of benzene rings is 1. The van der Waals surface area contributed by atoms with Crippen LogP contribution in [0.1, 0.15) is 5.56 Å². The van der Waals surface area contributed by atoms with Crippen LogP contribution in [0, 0.1) is 0 Å². The van der Waals surface area contributed by atoms with E-state index in [0.29, 0.717) is 6.42 Å². The molecule has 1 aromatic heterocycles. The van der Waals surface area contributed by atoms with E-state index >= 15 is 0 Å². The van der Waals surface area contributed by atoms with Crippen LogP contribution in [0.5, 0.6) is 5.75 Å². The van der Waals surface area contributed by atoms with Gasteiger partial charge >= 0.3 is 0 Å². The van der Waals surface area contributed by atoms with Crippen molar-refractivity contribution in [3.05, 3.63) is 30.0 Å². The molecule has 0 aliphatic carbocycles. The molecule has 5 heteroatoms. The number of carbonyl (C=O) groups is 1. The highest BCUT2D eigenvalue weighted by Gasteiger charge is 2.12. The summed E-state index contributed by atoms with van der Waals surface area (Å²) in [7, 11) is 1.60. The number of hydrogen-bond acceptors (Lipinski definition) is 3. The van der Waals surface area contributed by atoms with E-state index in [2.05, 4.69) is 10.7 Å². The normalized spacial score (nSPS) is 12.6. The number of nitrogens with one attached hydrogen (secondary N) is 1. The Morgan fingerprint density at radius 1 is 1.59 bits per heavy atom. The summed E-state index contributed by atoms with van der Waals surface area (Å²) in [5.41, 5.74) is 5.41. The fourth-order valence-corrected chi connectivity index (χ4v) is 1.80. The number of hydrogen-bond donors (Lipinski definition) is 2. The number of aliphatic carboxylic acids is 1. The van der Waals surface area contributed by atoms with Gasteiger partial charge in [0.2, 0.25) is 0 Å². The minimum atomic E-state index is -1.14. The summed E-state index contributed by atoms with van der Waals surface area (Å²) in [4.78, 5) is 13.8. The van der Waals surface area contributed by atoms with Crippen LogP contribution < -0.4 is 15.6 Å². The van der Waals surface area contributed by atoms with Gasteiger partial charge in [-0.25, -0.2) is 0 Å². The number of H-pyrrole nitrogens is 1. The molecule has 0 unspecified atom stereocenters. The van der Waals surface area contributed by atoms with Crippen LogP contribution in [0.15, 0.2) is 24.4 Å². The Balaban J connectivity index is 2.37. The van der Waals surface area contributed by atoms with Crippen molar-refractivity contribution >= 4 is 16.9 Å². The zero-order valence-corrected chi connectivity index (χ0v) is 9.53. The minimum absolute atomic E-state index is 0.343. The van der Waals surface area contributed by atoms with Crippen molar-refractivity contribution in [2.75, 3.05) is 7.11 Å². The molecular weight excluding hydrogens is 220 g/mol. The average molecular weight is 234 g/mol. The smallest absolute Gasteiger partial charge is 0.129 e. The molecule has 0 saturated carbocycles. The number of fused-ring (bicyclic) bond motifs is 1. The molecule has 2 aromatic rings. The molecular formula is C12H14N2O3. The topological polar surface area (TPSA) is 92.8 Å². The van der Waals surface area contributed by atoms with Crippen molar-refractivity contribution in [1.82, 2.24) is 4.98 Å². The van der Waals surface area contributed by atoms with Gasteiger partial charge in [-0.05, 0) is 23.8 Å². The standard InChI is InChI=1S/C12H14N2O3/c1-17-8-2-3-11-9(5-8)7(6-14-11)4-10(13)12(15)16/h2-3,5-6,10,14H,4,13H2,1H3,(H,15,16)/t10-/m0/s1. The van der Waals surface area contributed by atoms with Crippen LogP contribution in [0.3, 0.4) is 0 Å². The second-order valence-corrected chi connectivity index (χ2v) is 3.95. The number of carbonyl (C=O) groups excluding carboxylic acids is 1. The largest absolute Gasteiger partial charge is 0.544 e. The lowest BCUT2D eigenvalue weighted by Gasteiger charge is -2.08. The summed E-state index contributed by atoms with van der Waals surface area (Å²) in [5, 5.41) is 11.6. The first-order valence-corrected chi connectivity index (χ1v) is 5.29. The monoisotopic (exact) mass is 234 g/mol. The molecule has 0 amide bonds. The molecule has 0 aliphatic heterocycles. The number of methoxy groups -OCH3 is 1. The van der Waals surface area contributed by atoms with E-state index in [9.17, 15) is 9.90 Å². The first-order chi connectivity index (χ1) is 8.11. The lowest BCUT2D eigenvalue weighted by Crippen LogP contribution is -2.69. The van der Waals surface area contributed by atoms with E-state index in [1.54, 1.807) is 13.3 Å². The molecule has 17 heavy (non-hydrogen) atoms. The Bertz CT molecular complexity index is 548. The van der Waals surface area contributed by atoms with Crippen LogP contribution in [0.4, 0.5) is 0 Å².